The number of fused-ring (bicyclic) bond motifs is 1. The van der Waals surface area contributed by atoms with Crippen molar-refractivity contribution >= 4 is 16.7 Å². The molecule has 0 unspecified atom stereocenters. The summed E-state index contributed by atoms with van der Waals surface area (Å²) in [7, 11) is 0. The van der Waals surface area contributed by atoms with Crippen LogP contribution in [0.15, 0.2) is 42.5 Å². The van der Waals surface area contributed by atoms with Crippen molar-refractivity contribution in [1.29, 1.82) is 0 Å². The SMILES string of the molecule is C[C@H](O)CNC(=O)Cc1ccc2ccccc2c1. The predicted molar refractivity (Wildman–Crippen MR) is 72.3 cm³/mol. The van der Waals surface area contributed by atoms with Crippen LogP contribution in [0.1, 0.15) is 12.5 Å². The second-order valence-corrected chi connectivity index (χ2v) is 4.51. The predicted octanol–water partition coefficient (Wildman–Crippen LogP) is 1.88. The van der Waals surface area contributed by atoms with Crippen LogP contribution < -0.4 is 5.32 Å². The summed E-state index contributed by atoms with van der Waals surface area (Å²) in [5, 5.41) is 14.1. The summed E-state index contributed by atoms with van der Waals surface area (Å²) in [6.07, 6.45) is -0.164. The number of carbonyl (C=O) groups is 1. The largest absolute Gasteiger partial charge is 0.392 e. The highest BCUT2D eigenvalue weighted by molar-refractivity contribution is 5.85. The molecular formula is C15H17NO2. The van der Waals surface area contributed by atoms with E-state index in [4.69, 9.17) is 5.11 Å². The number of hydrogen-bond donors (Lipinski definition) is 2. The lowest BCUT2D eigenvalue weighted by Crippen LogP contribution is -2.31. The van der Waals surface area contributed by atoms with Gasteiger partial charge in [0.1, 0.15) is 0 Å². The summed E-state index contributed by atoms with van der Waals surface area (Å²) in [6, 6.07) is 14.1. The molecule has 0 bridgehead atoms. The molecule has 0 radical (unpaired) electrons. The molecule has 1 atom stereocenters. The molecule has 0 aliphatic carbocycles. The Bertz CT molecular complexity index is 549. The second kappa shape index (κ2) is 5.65. The molecule has 2 aromatic rings. The van der Waals surface area contributed by atoms with Crippen LogP contribution >= 0.6 is 0 Å². The minimum atomic E-state index is -0.509. The third-order valence-electron chi connectivity index (χ3n) is 2.77. The summed E-state index contributed by atoms with van der Waals surface area (Å²) < 4.78 is 0. The van der Waals surface area contributed by atoms with E-state index in [1.54, 1.807) is 6.92 Å². The highest BCUT2D eigenvalue weighted by Crippen LogP contribution is 2.15. The third kappa shape index (κ3) is 3.31. The van der Waals surface area contributed by atoms with Gasteiger partial charge in [-0.15, -0.1) is 0 Å². The van der Waals surface area contributed by atoms with Crippen molar-refractivity contribution in [2.75, 3.05) is 6.54 Å². The molecule has 3 nitrogen and oxygen atoms in total. The minimum Gasteiger partial charge on any atom is -0.392 e. The first-order chi connectivity index (χ1) is 8.65. The van der Waals surface area contributed by atoms with Crippen molar-refractivity contribution in [2.45, 2.75) is 19.4 Å². The zero-order valence-electron chi connectivity index (χ0n) is 10.4. The van der Waals surface area contributed by atoms with Crippen molar-refractivity contribution < 1.29 is 9.90 Å². The number of benzene rings is 2. The van der Waals surface area contributed by atoms with Gasteiger partial charge in [-0.3, -0.25) is 4.79 Å². The quantitative estimate of drug-likeness (QED) is 0.861. The summed E-state index contributed by atoms with van der Waals surface area (Å²) in [5.74, 6) is -0.0637. The van der Waals surface area contributed by atoms with E-state index in [-0.39, 0.29) is 5.91 Å². The second-order valence-electron chi connectivity index (χ2n) is 4.51. The maximum Gasteiger partial charge on any atom is 0.224 e. The van der Waals surface area contributed by atoms with Crippen LogP contribution in [0.25, 0.3) is 10.8 Å². The molecule has 0 aromatic heterocycles. The molecule has 2 aromatic carbocycles. The number of aliphatic hydroxyl groups is 1. The van der Waals surface area contributed by atoms with Gasteiger partial charge in [-0.25, -0.2) is 0 Å². The summed E-state index contributed by atoms with van der Waals surface area (Å²) in [5.41, 5.74) is 0.983. The van der Waals surface area contributed by atoms with Gasteiger partial charge in [-0.2, -0.15) is 0 Å². The van der Waals surface area contributed by atoms with Gasteiger partial charge in [0.05, 0.1) is 12.5 Å². The Balaban J connectivity index is 2.05. The molecule has 0 saturated heterocycles. The van der Waals surface area contributed by atoms with Crippen LogP contribution in [-0.2, 0) is 11.2 Å². The molecule has 0 spiro atoms. The van der Waals surface area contributed by atoms with Gasteiger partial charge in [-0.05, 0) is 23.3 Å². The monoisotopic (exact) mass is 243 g/mol. The molecule has 0 aliphatic rings. The topological polar surface area (TPSA) is 49.3 Å². The number of carbonyl (C=O) groups excluding carboxylic acids is 1. The maximum absolute atomic E-state index is 11.6. The Hall–Kier alpha value is -1.87. The molecule has 2 N–H and O–H groups in total. The van der Waals surface area contributed by atoms with Crippen LogP contribution in [0, 0.1) is 0 Å². The number of rotatable bonds is 4. The molecular weight excluding hydrogens is 226 g/mol. The molecule has 3 heteroatoms. The maximum atomic E-state index is 11.6. The van der Waals surface area contributed by atoms with Crippen molar-refractivity contribution in [3.8, 4) is 0 Å². The van der Waals surface area contributed by atoms with Gasteiger partial charge in [0.15, 0.2) is 0 Å². The van der Waals surface area contributed by atoms with Crippen molar-refractivity contribution in [1.82, 2.24) is 5.32 Å². The number of nitrogens with one attached hydrogen (secondary N) is 1. The first kappa shape index (κ1) is 12.6. The van der Waals surface area contributed by atoms with E-state index in [9.17, 15) is 4.79 Å². The number of amides is 1. The van der Waals surface area contributed by atoms with E-state index in [1.807, 2.05) is 42.5 Å². The molecule has 0 aliphatic heterocycles. The molecule has 94 valence electrons. The fraction of sp³-hybridized carbons (Fsp3) is 0.267. The Labute approximate surface area is 106 Å². The van der Waals surface area contributed by atoms with Crippen LogP contribution in [0.5, 0.6) is 0 Å². The van der Waals surface area contributed by atoms with Gasteiger partial charge < -0.3 is 10.4 Å². The highest BCUT2D eigenvalue weighted by atomic mass is 16.3. The van der Waals surface area contributed by atoms with E-state index in [0.717, 1.165) is 10.9 Å². The normalized spacial score (nSPS) is 12.3. The molecule has 0 heterocycles. The van der Waals surface area contributed by atoms with Gasteiger partial charge >= 0.3 is 0 Å². The van der Waals surface area contributed by atoms with Crippen LogP contribution in [0.3, 0.4) is 0 Å². The minimum absolute atomic E-state index is 0.0637. The van der Waals surface area contributed by atoms with Crippen molar-refractivity contribution in [3.05, 3.63) is 48.0 Å². The van der Waals surface area contributed by atoms with E-state index in [0.29, 0.717) is 13.0 Å². The summed E-state index contributed by atoms with van der Waals surface area (Å²) in [4.78, 5) is 11.6. The molecule has 18 heavy (non-hydrogen) atoms. The lowest BCUT2D eigenvalue weighted by molar-refractivity contribution is -0.120. The first-order valence-corrected chi connectivity index (χ1v) is 6.07. The Morgan fingerprint density at radius 3 is 2.67 bits per heavy atom. The molecule has 2 rings (SSSR count). The average Bonchev–Trinajstić information content (AvgIpc) is 2.36. The highest BCUT2D eigenvalue weighted by Gasteiger charge is 2.05. The van der Waals surface area contributed by atoms with E-state index < -0.39 is 6.10 Å². The number of hydrogen-bond acceptors (Lipinski definition) is 2. The lowest BCUT2D eigenvalue weighted by atomic mass is 10.0. The number of aliphatic hydroxyl groups excluding tert-OH is 1. The molecule has 1 amide bonds. The van der Waals surface area contributed by atoms with Crippen molar-refractivity contribution in [2.24, 2.45) is 0 Å². The van der Waals surface area contributed by atoms with Crippen LogP contribution in [0.2, 0.25) is 0 Å². The standard InChI is InChI=1S/C15H17NO2/c1-11(17)10-16-15(18)9-12-6-7-13-4-2-3-5-14(13)8-12/h2-8,11,17H,9-10H2,1H3,(H,16,18)/t11-/m0/s1. The smallest absolute Gasteiger partial charge is 0.224 e. The third-order valence-corrected chi connectivity index (χ3v) is 2.77. The Morgan fingerprint density at radius 2 is 1.94 bits per heavy atom. The van der Waals surface area contributed by atoms with Crippen molar-refractivity contribution in [3.63, 3.8) is 0 Å². The van der Waals surface area contributed by atoms with Crippen LogP contribution in [0.4, 0.5) is 0 Å². The van der Waals surface area contributed by atoms with Gasteiger partial charge in [0.2, 0.25) is 5.91 Å². The summed E-state index contributed by atoms with van der Waals surface area (Å²) >= 11 is 0. The van der Waals surface area contributed by atoms with Crippen LogP contribution in [-0.4, -0.2) is 23.7 Å². The van der Waals surface area contributed by atoms with E-state index in [2.05, 4.69) is 5.32 Å². The van der Waals surface area contributed by atoms with E-state index in [1.165, 1.54) is 5.39 Å². The zero-order valence-corrected chi connectivity index (χ0v) is 10.4. The van der Waals surface area contributed by atoms with Gasteiger partial charge in [-0.1, -0.05) is 42.5 Å². The Kier molecular flexibility index (Phi) is 3.95. The first-order valence-electron chi connectivity index (χ1n) is 6.07. The van der Waals surface area contributed by atoms with E-state index >= 15 is 0 Å². The fourth-order valence-electron chi connectivity index (χ4n) is 1.86. The molecule has 0 fully saturated rings. The fourth-order valence-corrected chi connectivity index (χ4v) is 1.86. The van der Waals surface area contributed by atoms with Gasteiger partial charge in [0, 0.05) is 6.54 Å². The summed E-state index contributed by atoms with van der Waals surface area (Å²) in [6.45, 7) is 1.95. The van der Waals surface area contributed by atoms with Gasteiger partial charge in [0.25, 0.3) is 0 Å². The average molecular weight is 243 g/mol. The zero-order chi connectivity index (χ0) is 13.0. The lowest BCUT2D eigenvalue weighted by Gasteiger charge is -2.07. The Morgan fingerprint density at radius 1 is 1.22 bits per heavy atom. The molecule has 0 saturated carbocycles.